The highest BCUT2D eigenvalue weighted by molar-refractivity contribution is 5.74. The number of hydrogen-bond acceptors (Lipinski definition) is 6. The SMILES string of the molecule is CCOC(=O)Cc1c(OC)ncc([N+](=O)[O-])c1C(F)F. The minimum Gasteiger partial charge on any atom is -0.481 e. The summed E-state index contributed by atoms with van der Waals surface area (Å²) in [5.41, 5.74) is -2.08. The van der Waals surface area contributed by atoms with Gasteiger partial charge in [-0.1, -0.05) is 0 Å². The van der Waals surface area contributed by atoms with Crippen LogP contribution in [-0.4, -0.2) is 29.6 Å². The third kappa shape index (κ3) is 3.37. The lowest BCUT2D eigenvalue weighted by molar-refractivity contribution is -0.386. The number of carbonyl (C=O) groups is 1. The van der Waals surface area contributed by atoms with Crippen LogP contribution in [-0.2, 0) is 16.0 Å². The highest BCUT2D eigenvalue weighted by Crippen LogP contribution is 2.36. The maximum absolute atomic E-state index is 13.1. The summed E-state index contributed by atoms with van der Waals surface area (Å²) in [6.45, 7) is 1.61. The van der Waals surface area contributed by atoms with Gasteiger partial charge in [-0.15, -0.1) is 0 Å². The normalized spacial score (nSPS) is 10.4. The zero-order valence-corrected chi connectivity index (χ0v) is 10.8. The number of halogens is 2. The number of esters is 1. The molecule has 0 N–H and O–H groups in total. The lowest BCUT2D eigenvalue weighted by Gasteiger charge is -2.12. The van der Waals surface area contributed by atoms with Crippen molar-refractivity contribution in [2.45, 2.75) is 19.8 Å². The van der Waals surface area contributed by atoms with E-state index in [2.05, 4.69) is 9.72 Å². The van der Waals surface area contributed by atoms with Gasteiger partial charge < -0.3 is 9.47 Å². The van der Waals surface area contributed by atoms with Crippen LogP contribution in [0.25, 0.3) is 0 Å². The average Bonchev–Trinajstić information content (AvgIpc) is 2.37. The Kier molecular flexibility index (Phi) is 5.30. The van der Waals surface area contributed by atoms with E-state index in [9.17, 15) is 23.7 Å². The Labute approximate surface area is 112 Å². The van der Waals surface area contributed by atoms with Gasteiger partial charge in [0.2, 0.25) is 5.88 Å². The minimum atomic E-state index is -3.14. The molecule has 0 aliphatic rings. The van der Waals surface area contributed by atoms with Crippen molar-refractivity contribution in [2.75, 3.05) is 13.7 Å². The average molecular weight is 290 g/mol. The molecule has 0 saturated heterocycles. The summed E-state index contributed by atoms with van der Waals surface area (Å²) in [6, 6.07) is 0. The van der Waals surface area contributed by atoms with E-state index in [1.807, 2.05) is 0 Å². The summed E-state index contributed by atoms with van der Waals surface area (Å²) in [5.74, 6) is -1.06. The number of hydrogen-bond donors (Lipinski definition) is 0. The molecule has 0 bridgehead atoms. The number of nitro groups is 1. The third-order valence-electron chi connectivity index (χ3n) is 2.40. The van der Waals surface area contributed by atoms with Gasteiger partial charge in [-0.05, 0) is 6.92 Å². The van der Waals surface area contributed by atoms with E-state index in [0.717, 1.165) is 7.11 Å². The zero-order chi connectivity index (χ0) is 15.3. The van der Waals surface area contributed by atoms with E-state index in [4.69, 9.17) is 4.74 Å². The van der Waals surface area contributed by atoms with Crippen molar-refractivity contribution in [1.82, 2.24) is 4.98 Å². The summed E-state index contributed by atoms with van der Waals surface area (Å²) in [5, 5.41) is 10.8. The van der Waals surface area contributed by atoms with Crippen molar-refractivity contribution >= 4 is 11.7 Å². The van der Waals surface area contributed by atoms with E-state index in [1.54, 1.807) is 6.92 Å². The number of carbonyl (C=O) groups excluding carboxylic acids is 1. The van der Waals surface area contributed by atoms with Crippen LogP contribution in [0.3, 0.4) is 0 Å². The predicted molar refractivity (Wildman–Crippen MR) is 62.7 cm³/mol. The molecular formula is C11H12F2N2O5. The molecule has 0 spiro atoms. The van der Waals surface area contributed by atoms with E-state index >= 15 is 0 Å². The van der Waals surface area contributed by atoms with Crippen LogP contribution in [0.5, 0.6) is 5.88 Å². The van der Waals surface area contributed by atoms with E-state index in [-0.39, 0.29) is 18.1 Å². The molecule has 9 heteroatoms. The largest absolute Gasteiger partial charge is 0.481 e. The Balaban J connectivity index is 3.38. The molecule has 20 heavy (non-hydrogen) atoms. The Bertz CT molecular complexity index is 522. The van der Waals surface area contributed by atoms with Gasteiger partial charge in [-0.25, -0.2) is 13.8 Å². The van der Waals surface area contributed by atoms with E-state index < -0.39 is 35.0 Å². The molecule has 0 unspecified atom stereocenters. The second-order valence-corrected chi connectivity index (χ2v) is 3.58. The first-order chi connectivity index (χ1) is 9.42. The van der Waals surface area contributed by atoms with Crippen LogP contribution < -0.4 is 4.74 Å². The van der Waals surface area contributed by atoms with Crippen LogP contribution in [0.4, 0.5) is 14.5 Å². The Hall–Kier alpha value is -2.32. The highest BCUT2D eigenvalue weighted by Gasteiger charge is 2.30. The van der Waals surface area contributed by atoms with Crippen molar-refractivity contribution < 1.29 is 28.0 Å². The molecular weight excluding hydrogens is 278 g/mol. The van der Waals surface area contributed by atoms with E-state index in [0.29, 0.717) is 6.20 Å². The number of rotatable bonds is 6. The number of methoxy groups -OCH3 is 1. The molecule has 0 amide bonds. The molecule has 110 valence electrons. The second-order valence-electron chi connectivity index (χ2n) is 3.58. The summed E-state index contributed by atoms with van der Waals surface area (Å²) < 4.78 is 35.5. The monoisotopic (exact) mass is 290 g/mol. The molecule has 0 fully saturated rings. The molecule has 0 aromatic carbocycles. The zero-order valence-electron chi connectivity index (χ0n) is 10.8. The Morgan fingerprint density at radius 3 is 2.65 bits per heavy atom. The lowest BCUT2D eigenvalue weighted by Crippen LogP contribution is -2.13. The van der Waals surface area contributed by atoms with Crippen LogP contribution in [0, 0.1) is 10.1 Å². The van der Waals surface area contributed by atoms with Gasteiger partial charge in [0.05, 0.1) is 25.1 Å². The molecule has 1 heterocycles. The Morgan fingerprint density at radius 1 is 1.55 bits per heavy atom. The quantitative estimate of drug-likeness (QED) is 0.452. The molecule has 0 saturated carbocycles. The minimum absolute atomic E-state index is 0.0630. The van der Waals surface area contributed by atoms with Gasteiger partial charge in [0.15, 0.2) is 0 Å². The first-order valence-electron chi connectivity index (χ1n) is 5.56. The third-order valence-corrected chi connectivity index (χ3v) is 2.40. The van der Waals surface area contributed by atoms with Crippen molar-refractivity contribution in [3.8, 4) is 5.88 Å². The first-order valence-corrected chi connectivity index (χ1v) is 5.56. The summed E-state index contributed by atoms with van der Waals surface area (Å²) in [6.07, 6.45) is -3.04. The molecule has 0 atom stereocenters. The van der Waals surface area contributed by atoms with Crippen molar-refractivity contribution in [3.63, 3.8) is 0 Å². The fourth-order valence-electron chi connectivity index (χ4n) is 1.63. The first kappa shape index (κ1) is 15.7. The molecule has 1 rings (SSSR count). The van der Waals surface area contributed by atoms with E-state index in [1.165, 1.54) is 0 Å². The number of ether oxygens (including phenoxy) is 2. The maximum Gasteiger partial charge on any atom is 0.310 e. The number of nitrogens with zero attached hydrogens (tertiary/aromatic N) is 2. The lowest BCUT2D eigenvalue weighted by atomic mass is 10.1. The predicted octanol–water partition coefficient (Wildman–Crippen LogP) is 2.04. The maximum atomic E-state index is 13.1. The van der Waals surface area contributed by atoms with Crippen LogP contribution in [0.15, 0.2) is 6.20 Å². The van der Waals surface area contributed by atoms with Gasteiger partial charge in [-0.2, -0.15) is 0 Å². The summed E-state index contributed by atoms with van der Waals surface area (Å²) in [7, 11) is 1.16. The number of alkyl halides is 2. The molecule has 7 nitrogen and oxygen atoms in total. The van der Waals surface area contributed by atoms with Crippen molar-refractivity contribution in [3.05, 3.63) is 27.4 Å². The van der Waals surface area contributed by atoms with Crippen LogP contribution >= 0.6 is 0 Å². The highest BCUT2D eigenvalue weighted by atomic mass is 19.3. The Morgan fingerprint density at radius 2 is 2.20 bits per heavy atom. The van der Waals surface area contributed by atoms with Crippen molar-refractivity contribution in [2.24, 2.45) is 0 Å². The fraction of sp³-hybridized carbons (Fsp3) is 0.455. The van der Waals surface area contributed by atoms with Crippen LogP contribution in [0.1, 0.15) is 24.5 Å². The summed E-state index contributed by atoms with van der Waals surface area (Å²) >= 11 is 0. The summed E-state index contributed by atoms with van der Waals surface area (Å²) in [4.78, 5) is 24.8. The van der Waals surface area contributed by atoms with Crippen LogP contribution in [0.2, 0.25) is 0 Å². The number of pyridine rings is 1. The molecule has 0 radical (unpaired) electrons. The topological polar surface area (TPSA) is 91.6 Å². The second kappa shape index (κ2) is 6.73. The smallest absolute Gasteiger partial charge is 0.310 e. The van der Waals surface area contributed by atoms with Crippen molar-refractivity contribution in [1.29, 1.82) is 0 Å². The van der Waals surface area contributed by atoms with Gasteiger partial charge in [0.1, 0.15) is 11.8 Å². The number of aromatic nitrogens is 1. The standard InChI is InChI=1S/C11H12F2N2O5/c1-3-20-8(16)4-6-9(10(12)13)7(15(17)18)5-14-11(6)19-2/h5,10H,3-4H2,1-2H3. The molecule has 0 aliphatic carbocycles. The van der Waals surface area contributed by atoms with Gasteiger partial charge in [0.25, 0.3) is 12.1 Å². The molecule has 0 aliphatic heterocycles. The molecule has 1 aromatic heterocycles. The van der Waals surface area contributed by atoms with Gasteiger partial charge in [-0.3, -0.25) is 14.9 Å². The molecule has 1 aromatic rings. The van der Waals surface area contributed by atoms with Gasteiger partial charge in [0, 0.05) is 5.56 Å². The fourth-order valence-corrected chi connectivity index (χ4v) is 1.63. The van der Waals surface area contributed by atoms with Gasteiger partial charge >= 0.3 is 5.97 Å².